The van der Waals surface area contributed by atoms with Crippen molar-refractivity contribution in [2.45, 2.75) is 5.92 Å². The van der Waals surface area contributed by atoms with Gasteiger partial charge in [-0.15, -0.1) is 5.10 Å². The summed E-state index contributed by atoms with van der Waals surface area (Å²) in [6.07, 6.45) is 1.40. The highest BCUT2D eigenvalue weighted by molar-refractivity contribution is 9.10. The second kappa shape index (κ2) is 8.33. The second-order valence-electron chi connectivity index (χ2n) is 7.18. The molecule has 0 aliphatic carbocycles. The summed E-state index contributed by atoms with van der Waals surface area (Å²) in [7, 11) is 0. The number of carbonyl (C=O) groups is 1. The van der Waals surface area contributed by atoms with Crippen LogP contribution in [0.2, 0.25) is 0 Å². The largest absolute Gasteiger partial charge is 0.457 e. The normalized spacial score (nSPS) is 14.8. The third kappa shape index (κ3) is 3.77. The van der Waals surface area contributed by atoms with Gasteiger partial charge in [0.2, 0.25) is 17.5 Å². The standard InChI is InChI=1S/C24H15BrN4O4/c25-15-7-3-14(4-8-15)21-20-19(17(12-26)22(27)33-23(20)29-28-21)13-5-9-16(10-6-13)32-24(30)18-2-1-11-31-18/h1-11,19H,27H2,(H,28,29)/t19-/m0/s1. The molecule has 8 nitrogen and oxygen atoms in total. The molecule has 1 aliphatic rings. The Labute approximate surface area is 196 Å². The predicted octanol–water partition coefficient (Wildman–Crippen LogP) is 4.87. The fourth-order valence-electron chi connectivity index (χ4n) is 3.70. The number of furan rings is 1. The van der Waals surface area contributed by atoms with Crippen molar-refractivity contribution in [2.24, 2.45) is 5.73 Å². The number of carbonyl (C=O) groups excluding carboxylic acids is 1. The summed E-state index contributed by atoms with van der Waals surface area (Å²) in [4.78, 5) is 12.1. The molecule has 9 heteroatoms. The fourth-order valence-corrected chi connectivity index (χ4v) is 3.96. The molecule has 4 aromatic rings. The summed E-state index contributed by atoms with van der Waals surface area (Å²) in [5.74, 6) is -0.377. The second-order valence-corrected chi connectivity index (χ2v) is 8.10. The van der Waals surface area contributed by atoms with Gasteiger partial charge in [-0.3, -0.25) is 5.10 Å². The molecule has 3 heterocycles. The number of nitrogens with zero attached hydrogens (tertiary/aromatic N) is 2. The minimum atomic E-state index is -0.602. The highest BCUT2D eigenvalue weighted by Crippen LogP contribution is 2.45. The molecule has 0 fully saturated rings. The van der Waals surface area contributed by atoms with Crippen LogP contribution >= 0.6 is 15.9 Å². The number of aromatic nitrogens is 2. The van der Waals surface area contributed by atoms with Crippen LogP contribution in [0.5, 0.6) is 11.6 Å². The summed E-state index contributed by atoms with van der Waals surface area (Å²) in [5, 5.41) is 17.1. The third-order valence-electron chi connectivity index (χ3n) is 5.22. The van der Waals surface area contributed by atoms with E-state index >= 15 is 0 Å². The van der Waals surface area contributed by atoms with Crippen molar-refractivity contribution in [2.75, 3.05) is 0 Å². The van der Waals surface area contributed by atoms with Gasteiger partial charge in [-0.05, 0) is 42.0 Å². The smallest absolute Gasteiger partial charge is 0.379 e. The van der Waals surface area contributed by atoms with E-state index in [9.17, 15) is 10.1 Å². The molecular formula is C24H15BrN4O4. The molecule has 0 radical (unpaired) electrons. The van der Waals surface area contributed by atoms with Crippen LogP contribution in [0.15, 0.2) is 87.3 Å². The van der Waals surface area contributed by atoms with Crippen LogP contribution in [0.3, 0.4) is 0 Å². The van der Waals surface area contributed by atoms with E-state index in [1.807, 2.05) is 24.3 Å². The van der Waals surface area contributed by atoms with E-state index in [1.54, 1.807) is 30.3 Å². The van der Waals surface area contributed by atoms with Crippen molar-refractivity contribution in [3.63, 3.8) is 0 Å². The van der Waals surface area contributed by atoms with Gasteiger partial charge >= 0.3 is 5.97 Å². The Morgan fingerprint density at radius 2 is 1.91 bits per heavy atom. The summed E-state index contributed by atoms with van der Waals surface area (Å²) in [5.41, 5.74) is 9.37. The molecule has 33 heavy (non-hydrogen) atoms. The SMILES string of the molecule is N#CC1=C(N)Oc2n[nH]c(-c3ccc(Br)cc3)c2[C@H]1c1ccc(OC(=O)c2ccco2)cc1. The van der Waals surface area contributed by atoms with Crippen LogP contribution in [0.4, 0.5) is 0 Å². The molecule has 0 saturated heterocycles. The fraction of sp³-hybridized carbons (Fsp3) is 0.0417. The monoisotopic (exact) mass is 502 g/mol. The van der Waals surface area contributed by atoms with Gasteiger partial charge in [0.15, 0.2) is 0 Å². The highest BCUT2D eigenvalue weighted by Gasteiger charge is 2.35. The highest BCUT2D eigenvalue weighted by atomic mass is 79.9. The van der Waals surface area contributed by atoms with Gasteiger partial charge in [0, 0.05) is 10.0 Å². The molecular weight excluding hydrogens is 488 g/mol. The zero-order valence-corrected chi connectivity index (χ0v) is 18.5. The number of aromatic amines is 1. The van der Waals surface area contributed by atoms with E-state index in [1.165, 1.54) is 12.3 Å². The topological polar surface area (TPSA) is 127 Å². The molecule has 3 N–H and O–H groups in total. The lowest BCUT2D eigenvalue weighted by Gasteiger charge is -2.24. The van der Waals surface area contributed by atoms with Gasteiger partial charge in [-0.25, -0.2) is 4.79 Å². The van der Waals surface area contributed by atoms with E-state index in [0.717, 1.165) is 21.3 Å². The van der Waals surface area contributed by atoms with Gasteiger partial charge in [0.25, 0.3) is 0 Å². The molecule has 0 saturated carbocycles. The van der Waals surface area contributed by atoms with Crippen LogP contribution < -0.4 is 15.2 Å². The predicted molar refractivity (Wildman–Crippen MR) is 121 cm³/mol. The molecule has 0 bridgehead atoms. The molecule has 162 valence electrons. The zero-order chi connectivity index (χ0) is 22.9. The lowest BCUT2D eigenvalue weighted by Crippen LogP contribution is -2.21. The van der Waals surface area contributed by atoms with Crippen molar-refractivity contribution < 1.29 is 18.7 Å². The molecule has 1 aliphatic heterocycles. The Bertz CT molecular complexity index is 1400. The number of hydrogen-bond donors (Lipinski definition) is 2. The van der Waals surface area contributed by atoms with Gasteiger partial charge in [0.1, 0.15) is 17.4 Å². The lowest BCUT2D eigenvalue weighted by molar-refractivity contribution is 0.0701. The van der Waals surface area contributed by atoms with Crippen LogP contribution in [0.1, 0.15) is 27.6 Å². The number of H-pyrrole nitrogens is 1. The first-order chi connectivity index (χ1) is 16.0. The van der Waals surface area contributed by atoms with Crippen molar-refractivity contribution in [3.8, 4) is 29.0 Å². The maximum absolute atomic E-state index is 12.1. The Hall–Kier alpha value is -4.29. The van der Waals surface area contributed by atoms with Crippen LogP contribution in [-0.4, -0.2) is 16.2 Å². The number of allylic oxidation sites excluding steroid dienone is 1. The summed E-state index contributed by atoms with van der Waals surface area (Å²) in [6.45, 7) is 0. The number of esters is 1. The number of nitrogens with two attached hydrogens (primary N) is 1. The first-order valence-corrected chi connectivity index (χ1v) is 10.6. The lowest BCUT2D eigenvalue weighted by atomic mass is 9.83. The van der Waals surface area contributed by atoms with Crippen LogP contribution in [0.25, 0.3) is 11.3 Å². The van der Waals surface area contributed by atoms with Crippen molar-refractivity contribution >= 4 is 21.9 Å². The number of ether oxygens (including phenoxy) is 2. The first kappa shape index (κ1) is 20.6. The maximum atomic E-state index is 12.1. The third-order valence-corrected chi connectivity index (χ3v) is 5.75. The van der Waals surface area contributed by atoms with Crippen LogP contribution in [0, 0.1) is 11.3 Å². The Morgan fingerprint density at radius 1 is 1.15 bits per heavy atom. The number of rotatable bonds is 4. The number of nitriles is 1. The average molecular weight is 503 g/mol. The van der Waals surface area contributed by atoms with E-state index < -0.39 is 11.9 Å². The number of nitrogens with one attached hydrogen (secondary N) is 1. The van der Waals surface area contributed by atoms with E-state index in [-0.39, 0.29) is 17.2 Å². The molecule has 1 atom stereocenters. The zero-order valence-electron chi connectivity index (χ0n) is 16.9. The van der Waals surface area contributed by atoms with Crippen molar-refractivity contribution in [1.82, 2.24) is 10.2 Å². The molecule has 0 amide bonds. The van der Waals surface area contributed by atoms with Gasteiger partial charge in [-0.2, -0.15) is 5.26 Å². The quantitative estimate of drug-likeness (QED) is 0.301. The summed E-state index contributed by atoms with van der Waals surface area (Å²) >= 11 is 3.44. The Morgan fingerprint density at radius 3 is 2.58 bits per heavy atom. The summed E-state index contributed by atoms with van der Waals surface area (Å²) in [6, 6.07) is 19.8. The molecule has 5 rings (SSSR count). The number of fused-ring (bicyclic) bond motifs is 1. The van der Waals surface area contributed by atoms with Crippen LogP contribution in [-0.2, 0) is 0 Å². The molecule has 2 aromatic carbocycles. The van der Waals surface area contributed by atoms with Gasteiger partial charge in [-0.1, -0.05) is 40.2 Å². The number of benzene rings is 2. The Kier molecular flexibility index (Phi) is 5.20. The van der Waals surface area contributed by atoms with E-state index in [0.29, 0.717) is 17.2 Å². The van der Waals surface area contributed by atoms with Gasteiger partial charge in [0.05, 0.1) is 23.4 Å². The number of halogens is 1. The van der Waals surface area contributed by atoms with Crippen molar-refractivity contribution in [3.05, 3.63) is 99.7 Å². The summed E-state index contributed by atoms with van der Waals surface area (Å²) < 4.78 is 17.0. The molecule has 0 unspecified atom stereocenters. The Balaban J connectivity index is 1.53. The maximum Gasteiger partial charge on any atom is 0.379 e. The minimum Gasteiger partial charge on any atom is -0.457 e. The van der Waals surface area contributed by atoms with Gasteiger partial charge < -0.3 is 19.6 Å². The van der Waals surface area contributed by atoms with Crippen molar-refractivity contribution in [1.29, 1.82) is 5.26 Å². The molecule has 0 spiro atoms. The average Bonchev–Trinajstić information content (AvgIpc) is 3.50. The molecule has 2 aromatic heterocycles. The first-order valence-electron chi connectivity index (χ1n) is 9.82. The minimum absolute atomic E-state index is 0.00261. The number of hydrogen-bond acceptors (Lipinski definition) is 7. The van der Waals surface area contributed by atoms with E-state index in [4.69, 9.17) is 19.6 Å². The van der Waals surface area contributed by atoms with E-state index in [2.05, 4.69) is 32.2 Å².